The van der Waals surface area contributed by atoms with E-state index in [-0.39, 0.29) is 22.5 Å². The Balaban J connectivity index is 1.45. The van der Waals surface area contributed by atoms with Crippen LogP contribution in [0.4, 0.5) is 18.9 Å². The van der Waals surface area contributed by atoms with E-state index in [9.17, 15) is 22.8 Å². The number of nitrogens with zero attached hydrogens (tertiary/aromatic N) is 1. The number of amides is 2. The lowest BCUT2D eigenvalue weighted by atomic mass is 10.1. The van der Waals surface area contributed by atoms with E-state index in [1.165, 1.54) is 30.0 Å². The maximum absolute atomic E-state index is 13.2. The fourth-order valence-corrected chi connectivity index (χ4v) is 4.92. The van der Waals surface area contributed by atoms with Gasteiger partial charge in [-0.15, -0.1) is 11.8 Å². The maximum Gasteiger partial charge on any atom is 0.418 e. The van der Waals surface area contributed by atoms with Crippen molar-refractivity contribution in [1.29, 1.82) is 0 Å². The Morgan fingerprint density at radius 3 is 2.33 bits per heavy atom. The summed E-state index contributed by atoms with van der Waals surface area (Å²) in [6.45, 7) is 0.580. The monoisotopic (exact) mass is 470 g/mol. The summed E-state index contributed by atoms with van der Waals surface area (Å²) >= 11 is 1.52. The predicted octanol–water partition coefficient (Wildman–Crippen LogP) is 5.77. The first-order valence-corrected chi connectivity index (χ1v) is 11.4. The van der Waals surface area contributed by atoms with E-state index < -0.39 is 17.6 Å². The minimum absolute atomic E-state index is 0.0616. The molecular formula is C25H21F3N2O2S. The Morgan fingerprint density at radius 1 is 0.970 bits per heavy atom. The molecule has 1 atom stereocenters. The number of rotatable bonds is 6. The Morgan fingerprint density at radius 2 is 1.64 bits per heavy atom. The Bertz CT molecular complexity index is 1130. The molecule has 33 heavy (non-hydrogen) atoms. The molecule has 8 heteroatoms. The average molecular weight is 471 g/mol. The molecule has 3 aromatic carbocycles. The largest absolute Gasteiger partial charge is 0.418 e. The second-order valence-corrected chi connectivity index (χ2v) is 8.67. The minimum atomic E-state index is -4.57. The second-order valence-electron chi connectivity index (χ2n) is 7.61. The molecule has 1 fully saturated rings. The third-order valence-electron chi connectivity index (χ3n) is 5.39. The molecule has 0 radical (unpaired) electrons. The smallest absolute Gasteiger partial charge is 0.326 e. The van der Waals surface area contributed by atoms with E-state index in [1.54, 1.807) is 24.3 Å². The van der Waals surface area contributed by atoms with Crippen molar-refractivity contribution in [2.45, 2.75) is 18.0 Å². The highest BCUT2D eigenvalue weighted by Crippen LogP contribution is 2.39. The van der Waals surface area contributed by atoms with Gasteiger partial charge in [0, 0.05) is 12.1 Å². The van der Waals surface area contributed by atoms with E-state index in [0.717, 1.165) is 23.6 Å². The molecule has 1 aliphatic heterocycles. The molecule has 0 spiro atoms. The van der Waals surface area contributed by atoms with Gasteiger partial charge < -0.3 is 10.2 Å². The van der Waals surface area contributed by atoms with Crippen molar-refractivity contribution in [3.05, 3.63) is 101 Å². The first-order valence-electron chi connectivity index (χ1n) is 10.4. The van der Waals surface area contributed by atoms with Crippen molar-refractivity contribution in [2.75, 3.05) is 17.6 Å². The molecule has 3 aromatic rings. The number of alkyl halides is 3. The number of carbonyl (C=O) groups is 2. The molecule has 0 aromatic heterocycles. The maximum atomic E-state index is 13.2. The first-order chi connectivity index (χ1) is 15.8. The van der Waals surface area contributed by atoms with Gasteiger partial charge in [-0.25, -0.2) is 0 Å². The lowest BCUT2D eigenvalue weighted by Gasteiger charge is -2.24. The van der Waals surface area contributed by atoms with Gasteiger partial charge >= 0.3 is 6.18 Å². The molecule has 0 aliphatic carbocycles. The fourth-order valence-electron chi connectivity index (χ4n) is 3.70. The van der Waals surface area contributed by atoms with Crippen LogP contribution in [0.3, 0.4) is 0 Å². The van der Waals surface area contributed by atoms with Crippen LogP contribution < -0.4 is 5.32 Å². The zero-order chi connectivity index (χ0) is 23.4. The van der Waals surface area contributed by atoms with Crippen molar-refractivity contribution in [1.82, 2.24) is 4.90 Å². The van der Waals surface area contributed by atoms with Crippen molar-refractivity contribution in [2.24, 2.45) is 0 Å². The minimum Gasteiger partial charge on any atom is -0.326 e. The first kappa shape index (κ1) is 22.9. The zero-order valence-electron chi connectivity index (χ0n) is 17.5. The van der Waals surface area contributed by atoms with E-state index in [1.807, 2.05) is 35.2 Å². The molecule has 0 unspecified atom stereocenters. The lowest BCUT2D eigenvalue weighted by Crippen LogP contribution is -2.30. The standard InChI is InChI=1S/C25H21F3N2O2S/c26-25(27,28)20-8-4-5-9-21(20)29-23(32)18-10-12-19(13-11-18)24-30(22(31)16-33-24)15-14-17-6-2-1-3-7-17/h1-13,24H,14-16H2,(H,29,32)/t24-/m1/s1. The number of benzene rings is 3. The predicted molar refractivity (Wildman–Crippen MR) is 123 cm³/mol. The van der Waals surface area contributed by atoms with Crippen LogP contribution in [0.1, 0.15) is 32.4 Å². The number of para-hydroxylation sites is 1. The highest BCUT2D eigenvalue weighted by Gasteiger charge is 2.34. The van der Waals surface area contributed by atoms with Crippen molar-refractivity contribution < 1.29 is 22.8 Å². The van der Waals surface area contributed by atoms with Gasteiger partial charge in [-0.3, -0.25) is 9.59 Å². The van der Waals surface area contributed by atoms with E-state index in [4.69, 9.17) is 0 Å². The van der Waals surface area contributed by atoms with Gasteiger partial charge in [-0.2, -0.15) is 13.2 Å². The van der Waals surface area contributed by atoms with Crippen LogP contribution in [0.15, 0.2) is 78.9 Å². The molecule has 1 saturated heterocycles. The van der Waals surface area contributed by atoms with Crippen LogP contribution in [0.2, 0.25) is 0 Å². The fraction of sp³-hybridized carbons (Fsp3) is 0.200. The van der Waals surface area contributed by atoms with Crippen LogP contribution >= 0.6 is 11.8 Å². The molecule has 1 N–H and O–H groups in total. The van der Waals surface area contributed by atoms with Crippen LogP contribution in [-0.4, -0.2) is 29.0 Å². The summed E-state index contributed by atoms with van der Waals surface area (Å²) in [5.41, 5.74) is 1.06. The number of carbonyl (C=O) groups excluding carboxylic acids is 2. The summed E-state index contributed by atoms with van der Waals surface area (Å²) in [6, 6.07) is 21.4. The van der Waals surface area contributed by atoms with E-state index >= 15 is 0 Å². The van der Waals surface area contributed by atoms with Crippen LogP contribution in [0.25, 0.3) is 0 Å². The molecule has 4 nitrogen and oxygen atoms in total. The average Bonchev–Trinajstić information content (AvgIpc) is 3.18. The Kier molecular flexibility index (Phi) is 6.74. The Hall–Kier alpha value is -3.26. The number of thioether (sulfide) groups is 1. The lowest BCUT2D eigenvalue weighted by molar-refractivity contribution is -0.137. The van der Waals surface area contributed by atoms with Crippen LogP contribution in [-0.2, 0) is 17.4 Å². The number of nitrogens with one attached hydrogen (secondary N) is 1. The van der Waals surface area contributed by atoms with E-state index in [0.29, 0.717) is 12.3 Å². The SMILES string of the molecule is O=C(Nc1ccccc1C(F)(F)F)c1ccc([C@H]2SCC(=O)N2CCc2ccccc2)cc1. The van der Waals surface area contributed by atoms with Crippen LogP contribution in [0.5, 0.6) is 0 Å². The van der Waals surface area contributed by atoms with E-state index in [2.05, 4.69) is 5.32 Å². The van der Waals surface area contributed by atoms with Gasteiger partial charge in [0.15, 0.2) is 0 Å². The summed E-state index contributed by atoms with van der Waals surface area (Å²) < 4.78 is 39.5. The van der Waals surface area contributed by atoms with Gasteiger partial charge in [0.2, 0.25) is 5.91 Å². The van der Waals surface area contributed by atoms with Gasteiger partial charge in [0.1, 0.15) is 5.37 Å². The summed E-state index contributed by atoms with van der Waals surface area (Å²) in [5, 5.41) is 2.19. The highest BCUT2D eigenvalue weighted by molar-refractivity contribution is 8.00. The number of hydrogen-bond donors (Lipinski definition) is 1. The zero-order valence-corrected chi connectivity index (χ0v) is 18.3. The van der Waals surface area contributed by atoms with Gasteiger partial charge in [-0.05, 0) is 41.8 Å². The number of anilines is 1. The number of halogens is 3. The molecule has 1 aliphatic rings. The molecule has 170 valence electrons. The van der Waals surface area contributed by atoms with Crippen molar-refractivity contribution >= 4 is 29.3 Å². The second kappa shape index (κ2) is 9.70. The molecule has 2 amide bonds. The normalized spacial score (nSPS) is 16.2. The van der Waals surface area contributed by atoms with Crippen molar-refractivity contribution in [3.63, 3.8) is 0 Å². The summed E-state index contributed by atoms with van der Waals surface area (Å²) in [5.74, 6) is -0.184. The number of hydrogen-bond acceptors (Lipinski definition) is 3. The molecular weight excluding hydrogens is 449 g/mol. The van der Waals surface area contributed by atoms with Crippen molar-refractivity contribution in [3.8, 4) is 0 Å². The molecule has 0 saturated carbocycles. The highest BCUT2D eigenvalue weighted by atomic mass is 32.2. The third-order valence-corrected chi connectivity index (χ3v) is 6.65. The molecule has 0 bridgehead atoms. The third kappa shape index (κ3) is 5.39. The summed E-state index contributed by atoms with van der Waals surface area (Å²) in [4.78, 5) is 26.8. The van der Waals surface area contributed by atoms with Gasteiger partial charge in [-0.1, -0.05) is 54.6 Å². The quantitative estimate of drug-likeness (QED) is 0.497. The topological polar surface area (TPSA) is 49.4 Å². The van der Waals surface area contributed by atoms with Gasteiger partial charge in [0.25, 0.3) is 5.91 Å². The molecule has 4 rings (SSSR count). The summed E-state index contributed by atoms with van der Waals surface area (Å²) in [7, 11) is 0. The van der Waals surface area contributed by atoms with Crippen LogP contribution in [0, 0.1) is 0 Å². The van der Waals surface area contributed by atoms with Gasteiger partial charge in [0.05, 0.1) is 17.0 Å². The molecule has 1 heterocycles. The Labute approximate surface area is 193 Å². The summed E-state index contributed by atoms with van der Waals surface area (Å²) in [6.07, 6.45) is -3.83.